The second-order valence-corrected chi connectivity index (χ2v) is 3.70. The van der Waals surface area contributed by atoms with Crippen LogP contribution in [0.4, 0.5) is 0 Å². The molecule has 1 saturated carbocycles. The molecule has 1 fully saturated rings. The fraction of sp³-hybridized carbons (Fsp3) is 1.00. The molecule has 0 unspecified atom stereocenters. The molecule has 0 amide bonds. The monoisotopic (exact) mass is 207 g/mol. The van der Waals surface area contributed by atoms with Crippen LogP contribution in [0.15, 0.2) is 0 Å². The summed E-state index contributed by atoms with van der Waals surface area (Å²) < 4.78 is 4.97. The number of hydrogen-bond donors (Lipinski definition) is 1. The van der Waals surface area contributed by atoms with Gasteiger partial charge in [0.05, 0.1) is 6.61 Å². The van der Waals surface area contributed by atoms with Crippen LogP contribution in [0.25, 0.3) is 0 Å². The summed E-state index contributed by atoms with van der Waals surface area (Å²) in [6.45, 7) is 3.04. The van der Waals surface area contributed by atoms with Crippen LogP contribution in [0.2, 0.25) is 0 Å². The minimum absolute atomic E-state index is 0. The Balaban J connectivity index is 0.00000144. The molecule has 0 atom stereocenters. The second-order valence-electron chi connectivity index (χ2n) is 3.70. The van der Waals surface area contributed by atoms with E-state index in [1.165, 1.54) is 38.6 Å². The maximum absolute atomic E-state index is 4.97. The van der Waals surface area contributed by atoms with Crippen LogP contribution in [0, 0.1) is 5.92 Å². The van der Waals surface area contributed by atoms with Gasteiger partial charge >= 0.3 is 0 Å². The third-order valence-electron chi connectivity index (χ3n) is 2.64. The molecule has 1 aliphatic carbocycles. The van der Waals surface area contributed by atoms with Gasteiger partial charge in [0, 0.05) is 13.7 Å². The zero-order valence-corrected chi connectivity index (χ0v) is 9.37. The Labute approximate surface area is 87.8 Å². The molecule has 1 N–H and O–H groups in total. The number of ether oxygens (including phenoxy) is 1. The van der Waals surface area contributed by atoms with Crippen LogP contribution in [-0.2, 0) is 4.74 Å². The van der Waals surface area contributed by atoms with E-state index in [0.29, 0.717) is 0 Å². The normalized spacial score (nSPS) is 18.2. The fourth-order valence-corrected chi connectivity index (χ4v) is 1.87. The van der Waals surface area contributed by atoms with Gasteiger partial charge in [0.15, 0.2) is 0 Å². The average Bonchev–Trinajstić information content (AvgIpc) is 2.14. The van der Waals surface area contributed by atoms with E-state index in [1.807, 2.05) is 0 Å². The van der Waals surface area contributed by atoms with Crippen LogP contribution < -0.4 is 5.32 Å². The maximum Gasteiger partial charge on any atom is 0.0587 e. The SMILES string of the molecule is COCCNCC1CCCCC1.Cl. The van der Waals surface area contributed by atoms with E-state index in [9.17, 15) is 0 Å². The predicted molar refractivity (Wildman–Crippen MR) is 58.6 cm³/mol. The van der Waals surface area contributed by atoms with Gasteiger partial charge in [-0.2, -0.15) is 0 Å². The lowest BCUT2D eigenvalue weighted by Crippen LogP contribution is -2.27. The van der Waals surface area contributed by atoms with Crippen LogP contribution in [0.5, 0.6) is 0 Å². The van der Waals surface area contributed by atoms with Gasteiger partial charge in [-0.25, -0.2) is 0 Å². The molecule has 0 aromatic rings. The topological polar surface area (TPSA) is 21.3 Å². The summed E-state index contributed by atoms with van der Waals surface area (Å²) in [5.74, 6) is 0.940. The van der Waals surface area contributed by atoms with Crippen molar-refractivity contribution < 1.29 is 4.74 Å². The number of halogens is 1. The van der Waals surface area contributed by atoms with Crippen molar-refractivity contribution in [2.75, 3.05) is 26.8 Å². The highest BCUT2D eigenvalue weighted by atomic mass is 35.5. The molecular formula is C10H22ClNO. The first-order chi connectivity index (χ1) is 5.93. The van der Waals surface area contributed by atoms with E-state index in [-0.39, 0.29) is 12.4 Å². The van der Waals surface area contributed by atoms with E-state index in [0.717, 1.165) is 19.1 Å². The Morgan fingerprint density at radius 1 is 1.23 bits per heavy atom. The molecule has 0 saturated heterocycles. The van der Waals surface area contributed by atoms with Crippen LogP contribution in [-0.4, -0.2) is 26.8 Å². The van der Waals surface area contributed by atoms with Crippen molar-refractivity contribution in [1.82, 2.24) is 5.32 Å². The lowest BCUT2D eigenvalue weighted by Gasteiger charge is -2.21. The fourth-order valence-electron chi connectivity index (χ4n) is 1.87. The van der Waals surface area contributed by atoms with Crippen LogP contribution >= 0.6 is 12.4 Å². The van der Waals surface area contributed by atoms with Gasteiger partial charge in [0.1, 0.15) is 0 Å². The van der Waals surface area contributed by atoms with Crippen LogP contribution in [0.1, 0.15) is 32.1 Å². The van der Waals surface area contributed by atoms with Gasteiger partial charge in [-0.15, -0.1) is 12.4 Å². The highest BCUT2D eigenvalue weighted by Crippen LogP contribution is 2.22. The molecule has 0 aromatic carbocycles. The lowest BCUT2D eigenvalue weighted by molar-refractivity contribution is 0.196. The predicted octanol–water partition coefficient (Wildman–Crippen LogP) is 2.22. The smallest absolute Gasteiger partial charge is 0.0587 e. The summed E-state index contributed by atoms with van der Waals surface area (Å²) in [7, 11) is 1.75. The van der Waals surface area contributed by atoms with Gasteiger partial charge in [0.2, 0.25) is 0 Å². The molecule has 13 heavy (non-hydrogen) atoms. The Kier molecular flexibility index (Phi) is 8.93. The molecule has 3 heteroatoms. The standard InChI is InChI=1S/C10H21NO.ClH/c1-12-8-7-11-9-10-5-3-2-4-6-10;/h10-11H,2-9H2,1H3;1H. The van der Waals surface area contributed by atoms with Crippen molar-refractivity contribution in [3.05, 3.63) is 0 Å². The summed E-state index contributed by atoms with van der Waals surface area (Å²) in [6, 6.07) is 0. The molecule has 0 spiro atoms. The minimum atomic E-state index is 0. The molecule has 0 aliphatic heterocycles. The molecule has 1 aliphatic rings. The van der Waals surface area contributed by atoms with Crippen molar-refractivity contribution in [2.45, 2.75) is 32.1 Å². The molecular weight excluding hydrogens is 186 g/mol. The van der Waals surface area contributed by atoms with Crippen molar-refractivity contribution in [3.63, 3.8) is 0 Å². The summed E-state index contributed by atoms with van der Waals surface area (Å²) in [6.07, 6.45) is 7.20. The van der Waals surface area contributed by atoms with Gasteiger partial charge in [-0.3, -0.25) is 0 Å². The third kappa shape index (κ3) is 6.30. The number of rotatable bonds is 5. The number of nitrogens with one attached hydrogen (secondary N) is 1. The molecule has 1 rings (SSSR count). The quantitative estimate of drug-likeness (QED) is 0.699. The molecule has 0 bridgehead atoms. The number of methoxy groups -OCH3 is 1. The Morgan fingerprint density at radius 3 is 2.54 bits per heavy atom. The van der Waals surface area contributed by atoms with Gasteiger partial charge in [0.25, 0.3) is 0 Å². The van der Waals surface area contributed by atoms with E-state index in [1.54, 1.807) is 7.11 Å². The summed E-state index contributed by atoms with van der Waals surface area (Å²) in [5.41, 5.74) is 0. The van der Waals surface area contributed by atoms with Crippen molar-refractivity contribution in [1.29, 1.82) is 0 Å². The third-order valence-corrected chi connectivity index (χ3v) is 2.64. The van der Waals surface area contributed by atoms with Gasteiger partial charge in [-0.05, 0) is 25.3 Å². The summed E-state index contributed by atoms with van der Waals surface area (Å²) in [4.78, 5) is 0. The Morgan fingerprint density at radius 2 is 1.92 bits per heavy atom. The maximum atomic E-state index is 4.97. The summed E-state index contributed by atoms with van der Waals surface area (Å²) >= 11 is 0. The molecule has 0 heterocycles. The van der Waals surface area contributed by atoms with Gasteiger partial charge < -0.3 is 10.1 Å². The molecule has 80 valence electrons. The highest BCUT2D eigenvalue weighted by molar-refractivity contribution is 5.85. The minimum Gasteiger partial charge on any atom is -0.383 e. The van der Waals surface area contributed by atoms with E-state index < -0.39 is 0 Å². The van der Waals surface area contributed by atoms with E-state index >= 15 is 0 Å². The molecule has 2 nitrogen and oxygen atoms in total. The van der Waals surface area contributed by atoms with Crippen molar-refractivity contribution >= 4 is 12.4 Å². The highest BCUT2D eigenvalue weighted by Gasteiger charge is 2.11. The zero-order chi connectivity index (χ0) is 8.65. The lowest BCUT2D eigenvalue weighted by atomic mass is 9.89. The first-order valence-electron chi connectivity index (χ1n) is 5.13. The van der Waals surface area contributed by atoms with Crippen LogP contribution in [0.3, 0.4) is 0 Å². The van der Waals surface area contributed by atoms with Gasteiger partial charge in [-0.1, -0.05) is 19.3 Å². The van der Waals surface area contributed by atoms with Crippen molar-refractivity contribution in [3.8, 4) is 0 Å². The van der Waals surface area contributed by atoms with Crippen molar-refractivity contribution in [2.24, 2.45) is 5.92 Å². The Hall–Kier alpha value is 0.210. The molecule has 0 radical (unpaired) electrons. The first kappa shape index (κ1) is 13.2. The van der Waals surface area contributed by atoms with E-state index in [4.69, 9.17) is 4.74 Å². The zero-order valence-electron chi connectivity index (χ0n) is 8.55. The number of hydrogen-bond acceptors (Lipinski definition) is 2. The second kappa shape index (κ2) is 8.79. The molecule has 0 aromatic heterocycles. The summed E-state index contributed by atoms with van der Waals surface area (Å²) in [5, 5.41) is 3.43. The average molecular weight is 208 g/mol. The van der Waals surface area contributed by atoms with E-state index in [2.05, 4.69) is 5.32 Å². The first-order valence-corrected chi connectivity index (χ1v) is 5.13. The largest absolute Gasteiger partial charge is 0.383 e. The Bertz CT molecular complexity index is 105.